The van der Waals surface area contributed by atoms with Gasteiger partial charge in [-0.2, -0.15) is 0 Å². The Labute approximate surface area is 138 Å². The maximum atomic E-state index is 11.6. The van der Waals surface area contributed by atoms with Crippen LogP contribution < -0.4 is 16.0 Å². The number of carbonyl (C=O) groups is 1. The van der Waals surface area contributed by atoms with E-state index in [9.17, 15) is 4.79 Å². The van der Waals surface area contributed by atoms with Crippen molar-refractivity contribution in [3.8, 4) is 0 Å². The molecule has 2 aromatic rings. The van der Waals surface area contributed by atoms with Gasteiger partial charge in [-0.25, -0.2) is 0 Å². The average Bonchev–Trinajstić information content (AvgIpc) is 2.55. The van der Waals surface area contributed by atoms with E-state index in [0.717, 1.165) is 17.8 Å². The van der Waals surface area contributed by atoms with Crippen molar-refractivity contribution in [2.45, 2.75) is 32.9 Å². The standard InChI is InChI=1S/C19H25N3O/c1-3-22(17-7-5-4-6-8-17)18-11-9-16(10-12-18)14-21-19(23)13-15(2)20/h4-12,15H,3,13-14,20H2,1-2H3,(H,21,23). The molecule has 0 radical (unpaired) electrons. The summed E-state index contributed by atoms with van der Waals surface area (Å²) in [5, 5.41) is 2.89. The number of carbonyl (C=O) groups excluding carboxylic acids is 1. The van der Waals surface area contributed by atoms with Gasteiger partial charge in [0, 0.05) is 36.9 Å². The van der Waals surface area contributed by atoms with E-state index in [1.54, 1.807) is 0 Å². The van der Waals surface area contributed by atoms with Crippen LogP contribution in [0.25, 0.3) is 0 Å². The molecule has 0 bridgehead atoms. The summed E-state index contributed by atoms with van der Waals surface area (Å²) in [5.41, 5.74) is 9.02. The predicted molar refractivity (Wildman–Crippen MR) is 95.7 cm³/mol. The van der Waals surface area contributed by atoms with Crippen LogP contribution in [0.3, 0.4) is 0 Å². The molecule has 1 unspecified atom stereocenters. The second-order valence-corrected chi connectivity index (χ2v) is 5.70. The summed E-state index contributed by atoms with van der Waals surface area (Å²) in [6, 6.07) is 18.5. The summed E-state index contributed by atoms with van der Waals surface area (Å²) in [6.45, 7) is 5.39. The van der Waals surface area contributed by atoms with Gasteiger partial charge in [0.25, 0.3) is 0 Å². The van der Waals surface area contributed by atoms with Gasteiger partial charge in [0.2, 0.25) is 5.91 Å². The predicted octanol–water partition coefficient (Wildman–Crippen LogP) is 3.20. The minimum absolute atomic E-state index is 0.0106. The van der Waals surface area contributed by atoms with Gasteiger partial charge in [0.1, 0.15) is 0 Å². The normalized spacial score (nSPS) is 11.8. The van der Waals surface area contributed by atoms with Crippen LogP contribution in [0.5, 0.6) is 0 Å². The molecule has 0 spiro atoms. The number of amides is 1. The maximum absolute atomic E-state index is 11.6. The van der Waals surface area contributed by atoms with E-state index in [0.29, 0.717) is 13.0 Å². The lowest BCUT2D eigenvalue weighted by Crippen LogP contribution is -2.29. The van der Waals surface area contributed by atoms with Gasteiger partial charge in [-0.1, -0.05) is 30.3 Å². The first-order chi connectivity index (χ1) is 11.1. The van der Waals surface area contributed by atoms with Crippen LogP contribution in [0, 0.1) is 0 Å². The van der Waals surface area contributed by atoms with Crippen LogP contribution in [0.4, 0.5) is 11.4 Å². The van der Waals surface area contributed by atoms with Gasteiger partial charge in [-0.05, 0) is 43.7 Å². The number of hydrogen-bond donors (Lipinski definition) is 2. The molecular formula is C19H25N3O. The Bertz CT molecular complexity index is 608. The lowest BCUT2D eigenvalue weighted by atomic mass is 10.1. The number of anilines is 2. The Kier molecular flexibility index (Phi) is 6.18. The molecule has 0 aromatic heterocycles. The highest BCUT2D eigenvalue weighted by Crippen LogP contribution is 2.24. The quantitative estimate of drug-likeness (QED) is 0.825. The number of nitrogens with one attached hydrogen (secondary N) is 1. The molecule has 0 aliphatic heterocycles. The van der Waals surface area contributed by atoms with E-state index in [2.05, 4.69) is 41.4 Å². The second-order valence-electron chi connectivity index (χ2n) is 5.70. The summed E-state index contributed by atoms with van der Waals surface area (Å²) >= 11 is 0. The molecule has 2 rings (SSSR count). The first-order valence-corrected chi connectivity index (χ1v) is 8.04. The molecular weight excluding hydrogens is 286 g/mol. The Morgan fingerprint density at radius 2 is 1.70 bits per heavy atom. The molecule has 0 saturated heterocycles. The zero-order valence-corrected chi connectivity index (χ0v) is 13.8. The fourth-order valence-corrected chi connectivity index (χ4v) is 2.48. The van der Waals surface area contributed by atoms with Gasteiger partial charge in [-0.15, -0.1) is 0 Å². The minimum atomic E-state index is -0.110. The first-order valence-electron chi connectivity index (χ1n) is 8.04. The molecule has 1 atom stereocenters. The highest BCUT2D eigenvalue weighted by atomic mass is 16.1. The van der Waals surface area contributed by atoms with Crippen LogP contribution in [-0.4, -0.2) is 18.5 Å². The molecule has 0 aliphatic rings. The Hall–Kier alpha value is -2.33. The Morgan fingerprint density at radius 1 is 1.09 bits per heavy atom. The van der Waals surface area contributed by atoms with E-state index in [1.165, 1.54) is 5.69 Å². The largest absolute Gasteiger partial charge is 0.352 e. The summed E-state index contributed by atoms with van der Waals surface area (Å²) < 4.78 is 0. The monoisotopic (exact) mass is 311 g/mol. The molecule has 0 aliphatic carbocycles. The van der Waals surface area contributed by atoms with Crippen LogP contribution in [0.2, 0.25) is 0 Å². The third-order valence-electron chi connectivity index (χ3n) is 3.63. The average molecular weight is 311 g/mol. The number of rotatable bonds is 7. The molecule has 2 aromatic carbocycles. The summed E-state index contributed by atoms with van der Waals surface area (Å²) in [6.07, 6.45) is 0.357. The van der Waals surface area contributed by atoms with Crippen molar-refractivity contribution in [2.24, 2.45) is 5.73 Å². The SMILES string of the molecule is CCN(c1ccccc1)c1ccc(CNC(=O)CC(C)N)cc1. The van der Waals surface area contributed by atoms with E-state index in [4.69, 9.17) is 5.73 Å². The number of nitrogens with zero attached hydrogens (tertiary/aromatic N) is 1. The molecule has 23 heavy (non-hydrogen) atoms. The van der Waals surface area contributed by atoms with Crippen molar-refractivity contribution in [1.29, 1.82) is 0 Å². The number of nitrogens with two attached hydrogens (primary N) is 1. The number of benzene rings is 2. The molecule has 0 heterocycles. The van der Waals surface area contributed by atoms with Gasteiger partial charge in [-0.3, -0.25) is 4.79 Å². The van der Waals surface area contributed by atoms with Crippen molar-refractivity contribution in [3.63, 3.8) is 0 Å². The topological polar surface area (TPSA) is 58.4 Å². The van der Waals surface area contributed by atoms with Crippen molar-refractivity contribution < 1.29 is 4.79 Å². The molecule has 4 nitrogen and oxygen atoms in total. The van der Waals surface area contributed by atoms with E-state index in [1.807, 2.05) is 37.3 Å². The van der Waals surface area contributed by atoms with Crippen LogP contribution in [0.1, 0.15) is 25.8 Å². The summed E-state index contributed by atoms with van der Waals surface area (Å²) in [4.78, 5) is 13.9. The van der Waals surface area contributed by atoms with Crippen molar-refractivity contribution >= 4 is 17.3 Å². The summed E-state index contributed by atoms with van der Waals surface area (Å²) in [7, 11) is 0. The fraction of sp³-hybridized carbons (Fsp3) is 0.316. The zero-order valence-electron chi connectivity index (χ0n) is 13.8. The smallest absolute Gasteiger partial charge is 0.221 e. The number of para-hydroxylation sites is 1. The Balaban J connectivity index is 2.00. The lowest BCUT2D eigenvalue weighted by molar-refractivity contribution is -0.121. The molecule has 3 N–H and O–H groups in total. The van der Waals surface area contributed by atoms with Crippen LogP contribution in [0.15, 0.2) is 54.6 Å². The van der Waals surface area contributed by atoms with Crippen LogP contribution in [-0.2, 0) is 11.3 Å². The first kappa shape index (κ1) is 17.0. The number of hydrogen-bond acceptors (Lipinski definition) is 3. The molecule has 0 saturated carbocycles. The maximum Gasteiger partial charge on any atom is 0.221 e. The highest BCUT2D eigenvalue weighted by molar-refractivity contribution is 5.76. The summed E-state index contributed by atoms with van der Waals surface area (Å²) in [5.74, 6) is -0.0106. The molecule has 0 fully saturated rings. The zero-order chi connectivity index (χ0) is 16.7. The van der Waals surface area contributed by atoms with Crippen LogP contribution >= 0.6 is 0 Å². The lowest BCUT2D eigenvalue weighted by Gasteiger charge is -2.23. The highest BCUT2D eigenvalue weighted by Gasteiger charge is 2.07. The van der Waals surface area contributed by atoms with E-state index < -0.39 is 0 Å². The van der Waals surface area contributed by atoms with E-state index in [-0.39, 0.29) is 11.9 Å². The minimum Gasteiger partial charge on any atom is -0.352 e. The second kappa shape index (κ2) is 8.34. The fourth-order valence-electron chi connectivity index (χ4n) is 2.48. The third-order valence-corrected chi connectivity index (χ3v) is 3.63. The van der Waals surface area contributed by atoms with Gasteiger partial charge < -0.3 is 16.0 Å². The molecule has 4 heteroatoms. The van der Waals surface area contributed by atoms with Gasteiger partial charge in [0.05, 0.1) is 0 Å². The third kappa shape index (κ3) is 5.11. The van der Waals surface area contributed by atoms with Crippen molar-refractivity contribution in [3.05, 3.63) is 60.2 Å². The van der Waals surface area contributed by atoms with Gasteiger partial charge >= 0.3 is 0 Å². The van der Waals surface area contributed by atoms with Crippen molar-refractivity contribution in [1.82, 2.24) is 5.32 Å². The van der Waals surface area contributed by atoms with E-state index >= 15 is 0 Å². The van der Waals surface area contributed by atoms with Crippen molar-refractivity contribution in [2.75, 3.05) is 11.4 Å². The Morgan fingerprint density at radius 3 is 2.26 bits per heavy atom. The molecule has 1 amide bonds. The molecule has 122 valence electrons. The van der Waals surface area contributed by atoms with Gasteiger partial charge in [0.15, 0.2) is 0 Å².